The van der Waals surface area contributed by atoms with Gasteiger partial charge in [-0.05, 0) is 0 Å². The number of aliphatic carboxylic acids is 1. The molecule has 0 spiro atoms. The van der Waals surface area contributed by atoms with Crippen LogP contribution in [0.15, 0.2) is 54.7 Å². The van der Waals surface area contributed by atoms with Crippen LogP contribution in [0.1, 0.15) is 34.3 Å². The predicted molar refractivity (Wildman–Crippen MR) is 129 cm³/mol. The Bertz CT molecular complexity index is 1120. The maximum absolute atomic E-state index is 13.4. The molecule has 2 heterocycles. The van der Waals surface area contributed by atoms with Gasteiger partial charge in [0, 0.05) is 6.92 Å². The number of carbonyl (C=O) groups is 3. The van der Waals surface area contributed by atoms with Gasteiger partial charge in [0.15, 0.2) is 0 Å². The zero-order valence-corrected chi connectivity index (χ0v) is 20.9. The summed E-state index contributed by atoms with van der Waals surface area (Å²) in [6.07, 6.45) is 2.67. The molecule has 4 rings (SSSR count). The SMILES string of the molecule is CC(=O)O.C[As](C)CCc1c[nH]c2ccc(C(C(=O)c3ccccc3)C3COC(=O)N3)cc12. The predicted octanol–water partition coefficient (Wildman–Crippen LogP) is 4.63. The topological polar surface area (TPSA) is 108 Å². The normalized spacial score (nSPS) is 16.0. The number of fused-ring (bicyclic) bond motifs is 1. The van der Waals surface area contributed by atoms with E-state index in [4.69, 9.17) is 14.6 Å². The molecule has 1 aliphatic rings. The van der Waals surface area contributed by atoms with Gasteiger partial charge in [-0.3, -0.25) is 4.79 Å². The molecule has 8 heteroatoms. The summed E-state index contributed by atoms with van der Waals surface area (Å²) in [7, 11) is 0. The number of aromatic amines is 1. The van der Waals surface area contributed by atoms with Crippen LogP contribution >= 0.6 is 0 Å². The van der Waals surface area contributed by atoms with E-state index >= 15 is 0 Å². The van der Waals surface area contributed by atoms with Crippen molar-refractivity contribution >= 4 is 43.4 Å². The average Bonchev–Trinajstić information content (AvgIpc) is 3.38. The quantitative estimate of drug-likeness (QED) is 0.316. The first-order valence-corrected chi connectivity index (χ1v) is 15.8. The Labute approximate surface area is 197 Å². The van der Waals surface area contributed by atoms with Gasteiger partial charge in [-0.1, -0.05) is 0 Å². The number of Topliss-reactive ketones (excluding diaryl/α,β-unsaturated/α-hetero) is 1. The number of aryl methyl sites for hydroxylation is 1. The van der Waals surface area contributed by atoms with E-state index < -0.39 is 32.6 Å². The maximum atomic E-state index is 13.4. The summed E-state index contributed by atoms with van der Waals surface area (Å²) in [5.74, 6) is -1.33. The summed E-state index contributed by atoms with van der Waals surface area (Å²) >= 11 is -0.706. The van der Waals surface area contributed by atoms with Crippen molar-refractivity contribution in [2.45, 2.75) is 41.9 Å². The Morgan fingerprint density at radius 2 is 1.88 bits per heavy atom. The average molecular weight is 512 g/mol. The first-order chi connectivity index (χ1) is 15.8. The Morgan fingerprint density at radius 1 is 1.18 bits per heavy atom. The van der Waals surface area contributed by atoms with E-state index in [1.807, 2.05) is 42.5 Å². The van der Waals surface area contributed by atoms with E-state index in [1.165, 1.54) is 10.8 Å². The van der Waals surface area contributed by atoms with Crippen molar-refractivity contribution < 1.29 is 24.2 Å². The molecule has 1 aromatic heterocycles. The summed E-state index contributed by atoms with van der Waals surface area (Å²) in [5, 5.41) is 12.6. The summed E-state index contributed by atoms with van der Waals surface area (Å²) < 4.78 is 5.11. The first-order valence-electron chi connectivity index (χ1n) is 10.7. The Balaban J connectivity index is 0.000000709. The molecule has 0 bridgehead atoms. The number of aromatic nitrogens is 1. The summed E-state index contributed by atoms with van der Waals surface area (Å²) in [6, 6.07) is 15.0. The van der Waals surface area contributed by atoms with Crippen molar-refractivity contribution in [1.82, 2.24) is 10.3 Å². The number of carbonyl (C=O) groups excluding carboxylic acids is 2. The molecule has 3 aromatic rings. The van der Waals surface area contributed by atoms with Gasteiger partial charge in [0.2, 0.25) is 0 Å². The second-order valence-corrected chi connectivity index (χ2v) is 13.7. The van der Waals surface area contributed by atoms with Crippen molar-refractivity contribution in [1.29, 1.82) is 0 Å². The third-order valence-electron chi connectivity index (χ3n) is 5.42. The number of rotatable bonds is 7. The van der Waals surface area contributed by atoms with E-state index in [0.29, 0.717) is 5.56 Å². The van der Waals surface area contributed by atoms with Gasteiger partial charge in [-0.2, -0.15) is 0 Å². The number of carboxylic acids is 1. The molecular formula is C25H29AsN2O5. The number of hydrogen-bond acceptors (Lipinski definition) is 4. The second kappa shape index (κ2) is 11.2. The van der Waals surface area contributed by atoms with E-state index in [1.54, 1.807) is 0 Å². The third kappa shape index (κ3) is 6.48. The standard InChI is InChI=1S/C23H25AsN2O3.C2H4O2/c1-24(2)11-10-17-13-25-19-9-8-16(12-18(17)19)21(20-14-29-23(28)26-20)22(27)15-6-4-3-5-7-15;1-2(3)4/h3-9,12-13,20-21,25H,10-11,14H2,1-2H3,(H,26,28);1H3,(H,3,4). The van der Waals surface area contributed by atoms with E-state index in [-0.39, 0.29) is 18.4 Å². The van der Waals surface area contributed by atoms with E-state index in [0.717, 1.165) is 29.8 Å². The molecule has 1 aliphatic heterocycles. The zero-order chi connectivity index (χ0) is 24.0. The fourth-order valence-electron chi connectivity index (χ4n) is 3.87. The molecule has 0 radical (unpaired) electrons. The number of ether oxygens (including phenoxy) is 1. The second-order valence-electron chi connectivity index (χ2n) is 8.25. The number of ketones is 1. The van der Waals surface area contributed by atoms with Gasteiger partial charge in [-0.25, -0.2) is 0 Å². The number of nitrogens with one attached hydrogen (secondary N) is 2. The van der Waals surface area contributed by atoms with Crippen LogP contribution in [-0.4, -0.2) is 55.2 Å². The van der Waals surface area contributed by atoms with Crippen LogP contribution < -0.4 is 5.32 Å². The van der Waals surface area contributed by atoms with Crippen LogP contribution in [0.3, 0.4) is 0 Å². The van der Waals surface area contributed by atoms with Crippen LogP contribution in [0.25, 0.3) is 10.9 Å². The molecule has 174 valence electrons. The monoisotopic (exact) mass is 512 g/mol. The molecule has 1 amide bonds. The van der Waals surface area contributed by atoms with Gasteiger partial charge in [0.25, 0.3) is 5.97 Å². The molecule has 2 aromatic carbocycles. The summed E-state index contributed by atoms with van der Waals surface area (Å²) in [4.78, 5) is 37.4. The number of alkyl carbamates (subject to hydrolysis) is 1. The van der Waals surface area contributed by atoms with Gasteiger partial charge in [0.05, 0.1) is 0 Å². The molecule has 33 heavy (non-hydrogen) atoms. The van der Waals surface area contributed by atoms with Crippen molar-refractivity contribution in [2.24, 2.45) is 0 Å². The van der Waals surface area contributed by atoms with Crippen molar-refractivity contribution in [3.63, 3.8) is 0 Å². The van der Waals surface area contributed by atoms with E-state index in [2.05, 4.69) is 34.0 Å². The van der Waals surface area contributed by atoms with Gasteiger partial charge < -0.3 is 5.11 Å². The molecular weight excluding hydrogens is 483 g/mol. The van der Waals surface area contributed by atoms with Crippen LogP contribution in [0.2, 0.25) is 16.6 Å². The molecule has 2 atom stereocenters. The molecule has 0 saturated carbocycles. The van der Waals surface area contributed by atoms with Crippen LogP contribution in [0.4, 0.5) is 4.79 Å². The van der Waals surface area contributed by atoms with Crippen molar-refractivity contribution in [2.75, 3.05) is 6.61 Å². The fraction of sp³-hybridized carbons (Fsp3) is 0.320. The Hall–Kier alpha value is -3.05. The Morgan fingerprint density at radius 3 is 2.48 bits per heavy atom. The number of benzene rings is 2. The fourth-order valence-corrected chi connectivity index (χ4v) is 5.31. The number of hydrogen-bond donors (Lipinski definition) is 3. The van der Waals surface area contributed by atoms with Crippen molar-refractivity contribution in [3.8, 4) is 0 Å². The zero-order valence-electron chi connectivity index (χ0n) is 19.0. The Kier molecular flexibility index (Phi) is 8.34. The summed E-state index contributed by atoms with van der Waals surface area (Å²) in [5.41, 5.74) is 8.65. The number of carboxylic acid groups (broad SMARTS) is 1. The molecule has 2 unspecified atom stereocenters. The minimum atomic E-state index is -0.833. The number of H-pyrrole nitrogens is 1. The number of amides is 1. The third-order valence-corrected chi connectivity index (χ3v) is 7.77. The summed E-state index contributed by atoms with van der Waals surface area (Å²) in [6.45, 7) is 1.28. The molecule has 1 fully saturated rings. The molecule has 1 saturated heterocycles. The molecule has 0 aliphatic carbocycles. The van der Waals surface area contributed by atoms with Gasteiger partial charge in [0.1, 0.15) is 0 Å². The van der Waals surface area contributed by atoms with Crippen molar-refractivity contribution in [3.05, 3.63) is 71.4 Å². The first kappa shape index (κ1) is 24.6. The molecule has 7 nitrogen and oxygen atoms in total. The van der Waals surface area contributed by atoms with Gasteiger partial charge in [-0.15, -0.1) is 0 Å². The van der Waals surface area contributed by atoms with Crippen LogP contribution in [0, 0.1) is 0 Å². The minimum absolute atomic E-state index is 0.00667. The van der Waals surface area contributed by atoms with Gasteiger partial charge >= 0.3 is 175 Å². The van der Waals surface area contributed by atoms with Crippen LogP contribution in [0.5, 0.6) is 0 Å². The molecule has 3 N–H and O–H groups in total. The van der Waals surface area contributed by atoms with E-state index in [9.17, 15) is 9.59 Å². The van der Waals surface area contributed by atoms with Crippen LogP contribution in [-0.2, 0) is 16.0 Å². The number of cyclic esters (lactones) is 1.